The number of aromatic hydroxyl groups is 2. The molecule has 0 saturated carbocycles. The fourth-order valence-corrected chi connectivity index (χ4v) is 5.92. The van der Waals surface area contributed by atoms with Crippen LogP contribution in [0.2, 0.25) is 0 Å². The van der Waals surface area contributed by atoms with Crippen LogP contribution >= 0.6 is 0 Å². The molecule has 0 unspecified atom stereocenters. The molecule has 11 heteroatoms. The summed E-state index contributed by atoms with van der Waals surface area (Å²) in [5.41, 5.74) is 16.4. The Morgan fingerprint density at radius 3 is 2.67 bits per heavy atom. The van der Waals surface area contributed by atoms with Gasteiger partial charge in [0.15, 0.2) is 17.7 Å². The number of carbonyl (C=O) groups excluding carboxylic acids is 1. The first-order chi connectivity index (χ1) is 22.0. The Morgan fingerprint density at radius 1 is 1.11 bits per heavy atom. The summed E-state index contributed by atoms with van der Waals surface area (Å²) in [6.07, 6.45) is 3.96. The first-order valence-corrected chi connectivity index (χ1v) is 15.6. The number of phenolic OH excluding ortho intramolecular Hbond substituents is 2. The molecule has 10 N–H and O–H groups in total. The van der Waals surface area contributed by atoms with Crippen LogP contribution < -0.4 is 16.2 Å². The molecule has 4 atom stereocenters. The van der Waals surface area contributed by atoms with Crippen molar-refractivity contribution in [2.45, 2.75) is 89.0 Å². The predicted molar refractivity (Wildman–Crippen MR) is 173 cm³/mol. The second-order valence-electron chi connectivity index (χ2n) is 12.0. The minimum absolute atomic E-state index is 0.0524. The van der Waals surface area contributed by atoms with E-state index in [2.05, 4.69) is 16.8 Å². The number of hydrogen-bond acceptors (Lipinski definition) is 9. The summed E-state index contributed by atoms with van der Waals surface area (Å²) in [6.45, 7) is 1.94. The van der Waals surface area contributed by atoms with Crippen molar-refractivity contribution in [2.24, 2.45) is 11.5 Å². The summed E-state index contributed by atoms with van der Waals surface area (Å²) in [5.74, 6) is 5.35. The lowest BCUT2D eigenvalue weighted by Crippen LogP contribution is -2.20. The van der Waals surface area contributed by atoms with Gasteiger partial charge in [0.05, 0.1) is 30.3 Å². The molecule has 2 aromatic carbocycles. The minimum atomic E-state index is -1.07. The van der Waals surface area contributed by atoms with E-state index in [1.165, 1.54) is 12.1 Å². The zero-order valence-electron chi connectivity index (χ0n) is 25.8. The number of aromatic nitrogens is 2. The molecule has 244 valence electrons. The van der Waals surface area contributed by atoms with Crippen LogP contribution in [0.25, 0.3) is 10.9 Å². The number of ether oxygens (including phenoxy) is 1. The second-order valence-corrected chi connectivity index (χ2v) is 12.0. The summed E-state index contributed by atoms with van der Waals surface area (Å²) < 4.78 is 8.11. The highest BCUT2D eigenvalue weighted by atomic mass is 16.5. The summed E-state index contributed by atoms with van der Waals surface area (Å²) >= 11 is 0. The van der Waals surface area contributed by atoms with E-state index in [1.807, 2.05) is 36.1 Å². The van der Waals surface area contributed by atoms with E-state index >= 15 is 0 Å². The molecule has 1 aliphatic rings. The number of aliphatic hydroxyl groups excluding tert-OH is 3. The third-order valence-electron chi connectivity index (χ3n) is 8.40. The van der Waals surface area contributed by atoms with Crippen molar-refractivity contribution in [2.75, 3.05) is 0 Å². The monoisotopic (exact) mass is 630 g/mol. The molecule has 46 heavy (non-hydrogen) atoms. The quantitative estimate of drug-likeness (QED) is 0.0849. The van der Waals surface area contributed by atoms with E-state index in [0.717, 1.165) is 34.0 Å². The van der Waals surface area contributed by atoms with E-state index in [1.54, 1.807) is 12.1 Å². The van der Waals surface area contributed by atoms with Gasteiger partial charge in [-0.2, -0.15) is 0 Å². The van der Waals surface area contributed by atoms with Crippen LogP contribution in [0.4, 0.5) is 0 Å². The molecule has 1 aliphatic heterocycles. The van der Waals surface area contributed by atoms with Gasteiger partial charge in [-0.15, -0.1) is 0 Å². The number of aliphatic hydroxyl groups is 3. The zero-order chi connectivity index (χ0) is 33.0. The van der Waals surface area contributed by atoms with Crippen LogP contribution in [0.3, 0.4) is 0 Å². The Labute approximate surface area is 267 Å². The first-order valence-electron chi connectivity index (χ1n) is 15.6. The summed E-state index contributed by atoms with van der Waals surface area (Å²) in [7, 11) is 0. The maximum absolute atomic E-state index is 12.5. The number of ketones is 1. The lowest BCUT2D eigenvalue weighted by atomic mass is 9.94. The van der Waals surface area contributed by atoms with Crippen molar-refractivity contribution in [1.29, 1.82) is 0 Å². The lowest BCUT2D eigenvalue weighted by molar-refractivity contribution is -0.121. The van der Waals surface area contributed by atoms with Crippen LogP contribution in [-0.2, 0) is 17.6 Å². The molecular formula is C35H42N4O7. The predicted octanol–water partition coefficient (Wildman–Crippen LogP) is 3.71. The Hall–Kier alpha value is -4.31. The molecule has 0 aliphatic carbocycles. The zero-order valence-corrected chi connectivity index (χ0v) is 25.8. The Morgan fingerprint density at radius 2 is 1.91 bits per heavy atom. The van der Waals surface area contributed by atoms with Crippen LogP contribution in [0.15, 0.2) is 48.9 Å². The summed E-state index contributed by atoms with van der Waals surface area (Å²) in [6, 6.07) is 8.15. The molecule has 11 nitrogen and oxygen atoms in total. The maximum atomic E-state index is 12.5. The molecular weight excluding hydrogens is 588 g/mol. The second kappa shape index (κ2) is 14.4. The van der Waals surface area contributed by atoms with Gasteiger partial charge in [0, 0.05) is 49.3 Å². The van der Waals surface area contributed by atoms with E-state index < -0.39 is 30.7 Å². The van der Waals surface area contributed by atoms with Crippen LogP contribution in [-0.4, -0.2) is 53.1 Å². The molecule has 5 rings (SSSR count). The maximum Gasteiger partial charge on any atom is 0.186 e. The third kappa shape index (κ3) is 7.73. The molecule has 0 radical (unpaired) electrons. The number of hydrogen-bond donors (Lipinski definition) is 8. The van der Waals surface area contributed by atoms with Crippen molar-refractivity contribution in [3.8, 4) is 29.1 Å². The SMILES string of the molecule is CCC[C@H](O)C[C@@H](O)CC(=O)CCc1cc(O[C@H]2CC#C[C@H](O)c3ccc(C(N)N)cc3Cc3c[nH]c4cn2cc34)c(O)cc1O. The average Bonchev–Trinajstić information content (AvgIpc) is 3.58. The highest BCUT2D eigenvalue weighted by molar-refractivity contribution is 5.83. The largest absolute Gasteiger partial charge is 0.508 e. The van der Waals surface area contributed by atoms with Gasteiger partial charge in [0.1, 0.15) is 17.6 Å². The number of rotatable bonds is 12. The molecule has 3 heterocycles. The number of Topliss-reactive ketones (excluding diaryl/α,β-unsaturated/α-hetero) is 1. The molecule has 0 saturated heterocycles. The number of H-pyrrole nitrogens is 1. The van der Waals surface area contributed by atoms with Crippen LogP contribution in [0.1, 0.15) is 91.8 Å². The van der Waals surface area contributed by atoms with E-state index in [-0.39, 0.29) is 55.1 Å². The smallest absolute Gasteiger partial charge is 0.186 e. The van der Waals surface area contributed by atoms with Crippen molar-refractivity contribution in [3.05, 3.63) is 76.7 Å². The van der Waals surface area contributed by atoms with Gasteiger partial charge in [-0.3, -0.25) is 4.79 Å². The minimum Gasteiger partial charge on any atom is -0.508 e. The molecule has 2 bridgehead atoms. The fraction of sp³-hybridized carbons (Fsp3) is 0.400. The van der Waals surface area contributed by atoms with Gasteiger partial charge < -0.3 is 51.3 Å². The van der Waals surface area contributed by atoms with Gasteiger partial charge in [-0.25, -0.2) is 0 Å². The molecule has 4 aromatic rings. The normalized spacial score (nSPS) is 17.5. The number of nitrogens with one attached hydrogen (secondary N) is 1. The van der Waals surface area contributed by atoms with Crippen molar-refractivity contribution in [3.63, 3.8) is 0 Å². The number of benzene rings is 2. The van der Waals surface area contributed by atoms with Gasteiger partial charge in [-0.05, 0) is 53.1 Å². The van der Waals surface area contributed by atoms with Crippen LogP contribution in [0, 0.1) is 11.8 Å². The topological polar surface area (TPSA) is 200 Å². The fourth-order valence-electron chi connectivity index (χ4n) is 5.92. The Bertz CT molecular complexity index is 1750. The number of fused-ring (bicyclic) bond motifs is 2. The van der Waals surface area contributed by atoms with Gasteiger partial charge in [-0.1, -0.05) is 43.4 Å². The van der Waals surface area contributed by atoms with E-state index in [9.17, 15) is 30.3 Å². The summed E-state index contributed by atoms with van der Waals surface area (Å²) in [4.78, 5) is 15.8. The van der Waals surface area contributed by atoms with Crippen molar-refractivity contribution < 1.29 is 35.1 Å². The van der Waals surface area contributed by atoms with Crippen molar-refractivity contribution in [1.82, 2.24) is 9.55 Å². The molecule has 0 amide bonds. The van der Waals surface area contributed by atoms with Gasteiger partial charge >= 0.3 is 0 Å². The van der Waals surface area contributed by atoms with Gasteiger partial charge in [0.2, 0.25) is 0 Å². The highest BCUT2D eigenvalue weighted by Crippen LogP contribution is 2.37. The Balaban J connectivity index is 1.36. The number of carbonyl (C=O) groups is 1. The number of nitrogens with zero attached hydrogens (tertiary/aromatic N) is 1. The van der Waals surface area contributed by atoms with Gasteiger partial charge in [0.25, 0.3) is 0 Å². The first kappa shape index (κ1) is 33.1. The summed E-state index contributed by atoms with van der Waals surface area (Å²) in [5, 5.41) is 53.3. The molecule has 2 aromatic heterocycles. The number of aryl methyl sites for hydroxylation is 1. The molecule has 0 spiro atoms. The van der Waals surface area contributed by atoms with E-state index in [0.29, 0.717) is 24.0 Å². The standard InChI is InChI=1S/C35H42N4O7/c1-2-4-24(40)14-26(42)15-25(41)9-7-20-13-33(32(45)16-31(20)44)46-34-6-3-5-30(43)27-10-8-21(35(36)37)11-22(27)12-23-17-38-29-19-39(34)18-28(23)29/h8,10-11,13,16-19,24,26,30,34-35,38,40,42-45H,2,4,6-7,9,12,14-15,36-37H2,1H3/t24-,26+,30-,34-/m0/s1. The lowest BCUT2D eigenvalue weighted by Gasteiger charge is -2.21. The Kier molecular flexibility index (Phi) is 10.4. The van der Waals surface area contributed by atoms with Crippen LogP contribution in [0.5, 0.6) is 17.2 Å². The third-order valence-corrected chi connectivity index (χ3v) is 8.40. The number of nitrogens with two attached hydrogens (primary N) is 2. The number of aromatic amines is 1. The van der Waals surface area contributed by atoms with Crippen molar-refractivity contribution >= 4 is 16.7 Å². The number of phenols is 2. The average molecular weight is 631 g/mol. The van der Waals surface area contributed by atoms with E-state index in [4.69, 9.17) is 16.2 Å². The highest BCUT2D eigenvalue weighted by Gasteiger charge is 2.22. The molecule has 0 fully saturated rings.